The molecule has 0 unspecified atom stereocenters. The Morgan fingerprint density at radius 1 is 1.02 bits per heavy atom. The van der Waals surface area contributed by atoms with Gasteiger partial charge in [0.15, 0.2) is 0 Å². The van der Waals surface area contributed by atoms with Gasteiger partial charge in [-0.15, -0.1) is 0 Å². The number of rotatable bonds is 5. The molecule has 1 aliphatic heterocycles. The molecule has 1 saturated heterocycles. The average Bonchev–Trinajstić information content (AvgIpc) is 3.22. The molecule has 0 bridgehead atoms. The first-order chi connectivity index (χ1) is 19.3. The van der Waals surface area contributed by atoms with Gasteiger partial charge < -0.3 is 25.2 Å². The van der Waals surface area contributed by atoms with Crippen molar-refractivity contribution >= 4 is 0 Å². The van der Waals surface area contributed by atoms with Crippen molar-refractivity contribution in [2.75, 3.05) is 0 Å². The van der Waals surface area contributed by atoms with Gasteiger partial charge in [0.05, 0.1) is 29.5 Å². The van der Waals surface area contributed by atoms with Gasteiger partial charge >= 0.3 is 0 Å². The van der Waals surface area contributed by atoms with Gasteiger partial charge in [0.2, 0.25) is 0 Å². The highest BCUT2D eigenvalue weighted by Crippen LogP contribution is 2.70. The van der Waals surface area contributed by atoms with E-state index < -0.39 is 17.3 Å². The lowest BCUT2D eigenvalue weighted by Crippen LogP contribution is -2.51. The first-order valence-corrected chi connectivity index (χ1v) is 17.1. The summed E-state index contributed by atoms with van der Waals surface area (Å²) in [6.07, 6.45) is 18.8. The Kier molecular flexibility index (Phi) is 6.82. The molecular formula is C36H56O5. The zero-order chi connectivity index (χ0) is 29.0. The third-order valence-electron chi connectivity index (χ3n) is 14.5. The molecule has 1 spiro atoms. The summed E-state index contributed by atoms with van der Waals surface area (Å²) in [6.45, 7) is 11.4. The van der Waals surface area contributed by atoms with E-state index >= 15 is 0 Å². The fraction of sp³-hybridized carbons (Fsp3) is 0.889. The summed E-state index contributed by atoms with van der Waals surface area (Å²) in [6, 6.07) is 0. The second kappa shape index (κ2) is 9.64. The molecule has 1 heterocycles. The van der Waals surface area contributed by atoms with E-state index in [2.05, 4.69) is 19.9 Å². The lowest BCUT2D eigenvalue weighted by molar-refractivity contribution is -0.0865. The standard InChI is InChI=1S/C36H56O5/c1-22-18-34(13-7-24(19-34)8-14-35(39)11-5-6-27(38)20-35)31-33(4,41-31)12-10-29-28(22)21-32(29,3)26-16-25-9-15-36(40,23(2)37)30(25)17-26/h9,15,23-31,37-40H,1,5-8,10-14,16-21H2,2-4H3/t23-,24-,25-,26-,27-,28+,29+,30+,31+,32+,33+,34+,35-,36-/m0/s1. The predicted molar refractivity (Wildman–Crippen MR) is 160 cm³/mol. The maximum absolute atomic E-state index is 11.3. The van der Waals surface area contributed by atoms with Gasteiger partial charge in [0.25, 0.3) is 0 Å². The molecule has 0 aromatic carbocycles. The monoisotopic (exact) mass is 568 g/mol. The van der Waals surface area contributed by atoms with Gasteiger partial charge in [-0.25, -0.2) is 0 Å². The average molecular weight is 569 g/mol. The molecule has 230 valence electrons. The molecule has 6 fully saturated rings. The van der Waals surface area contributed by atoms with Crippen LogP contribution in [0.15, 0.2) is 24.3 Å². The van der Waals surface area contributed by atoms with Crippen LogP contribution in [0.2, 0.25) is 0 Å². The number of hydrogen-bond donors (Lipinski definition) is 4. The second-order valence-electron chi connectivity index (χ2n) is 17.0. The summed E-state index contributed by atoms with van der Waals surface area (Å²) in [5.41, 5.74) is 0.148. The van der Waals surface area contributed by atoms with E-state index in [-0.39, 0.29) is 28.5 Å². The number of hydrogen-bond acceptors (Lipinski definition) is 5. The van der Waals surface area contributed by atoms with E-state index in [1.165, 1.54) is 37.7 Å². The molecular weight excluding hydrogens is 512 g/mol. The minimum atomic E-state index is -1.07. The van der Waals surface area contributed by atoms with Crippen LogP contribution in [0.25, 0.3) is 0 Å². The van der Waals surface area contributed by atoms with E-state index in [0.29, 0.717) is 42.1 Å². The molecule has 7 aliphatic rings. The van der Waals surface area contributed by atoms with Crippen LogP contribution in [-0.2, 0) is 4.74 Å². The summed E-state index contributed by atoms with van der Waals surface area (Å²) < 4.78 is 6.67. The fourth-order valence-electron chi connectivity index (χ4n) is 11.9. The molecule has 5 saturated carbocycles. The molecule has 6 aliphatic carbocycles. The van der Waals surface area contributed by atoms with Crippen LogP contribution in [-0.4, -0.2) is 55.5 Å². The lowest BCUT2D eigenvalue weighted by Gasteiger charge is -2.58. The highest BCUT2D eigenvalue weighted by atomic mass is 16.6. The first kappa shape index (κ1) is 29.0. The third kappa shape index (κ3) is 4.57. The van der Waals surface area contributed by atoms with Crippen molar-refractivity contribution in [3.05, 3.63) is 24.3 Å². The molecule has 4 N–H and O–H groups in total. The van der Waals surface area contributed by atoms with E-state index in [9.17, 15) is 20.4 Å². The van der Waals surface area contributed by atoms with Crippen LogP contribution in [0.4, 0.5) is 0 Å². The number of epoxide rings is 1. The number of ether oxygens (including phenoxy) is 1. The van der Waals surface area contributed by atoms with Crippen molar-refractivity contribution in [2.45, 2.75) is 152 Å². The maximum atomic E-state index is 11.3. The molecule has 0 aromatic heterocycles. The molecule has 0 amide bonds. The van der Waals surface area contributed by atoms with Crippen LogP contribution in [0.3, 0.4) is 0 Å². The maximum Gasteiger partial charge on any atom is 0.112 e. The van der Waals surface area contributed by atoms with Gasteiger partial charge in [-0.2, -0.15) is 0 Å². The Labute approximate surface area is 247 Å². The highest BCUT2D eigenvalue weighted by molar-refractivity contribution is 5.26. The Morgan fingerprint density at radius 2 is 1.83 bits per heavy atom. The SMILES string of the molecule is C=C1C[C@@]2(CC[C@@H](CC[C@@]3(O)CCC[C@H](O)C3)C2)[C@@H]2O[C@]2(C)CC[C@@H]2[C@@H]1C[C@]2(C)[C@@H]1C[C@@H]2[C@@H](C=C[C@]2(O)[C@H](C)O)C1. The summed E-state index contributed by atoms with van der Waals surface area (Å²) in [5, 5.41) is 43.0. The lowest BCUT2D eigenvalue weighted by atomic mass is 9.46. The van der Waals surface area contributed by atoms with Crippen molar-refractivity contribution in [1.29, 1.82) is 0 Å². The smallest absolute Gasteiger partial charge is 0.112 e. The Morgan fingerprint density at radius 3 is 2.59 bits per heavy atom. The van der Waals surface area contributed by atoms with Crippen molar-refractivity contribution in [1.82, 2.24) is 0 Å². The summed E-state index contributed by atoms with van der Waals surface area (Å²) in [7, 11) is 0. The largest absolute Gasteiger partial charge is 0.393 e. The fourth-order valence-corrected chi connectivity index (χ4v) is 11.9. The minimum absolute atomic E-state index is 0.0201. The first-order valence-electron chi connectivity index (χ1n) is 17.1. The molecule has 7 rings (SSSR count). The summed E-state index contributed by atoms with van der Waals surface area (Å²) >= 11 is 0. The quantitative estimate of drug-likeness (QED) is 0.238. The van der Waals surface area contributed by atoms with Crippen LogP contribution in [0.1, 0.15) is 117 Å². The van der Waals surface area contributed by atoms with Gasteiger partial charge in [-0.3, -0.25) is 0 Å². The van der Waals surface area contributed by atoms with Crippen LogP contribution >= 0.6 is 0 Å². The molecule has 5 heteroatoms. The summed E-state index contributed by atoms with van der Waals surface area (Å²) in [5.74, 6) is 2.96. The van der Waals surface area contributed by atoms with Gasteiger partial charge in [-0.1, -0.05) is 31.2 Å². The highest BCUT2D eigenvalue weighted by Gasteiger charge is 2.67. The van der Waals surface area contributed by atoms with E-state index in [1.54, 1.807) is 6.92 Å². The number of fused-ring (bicyclic) bond motifs is 4. The van der Waals surface area contributed by atoms with Crippen LogP contribution in [0.5, 0.6) is 0 Å². The number of aliphatic hydroxyl groups excluding tert-OH is 2. The topological polar surface area (TPSA) is 93.5 Å². The minimum Gasteiger partial charge on any atom is -0.393 e. The molecule has 5 nitrogen and oxygen atoms in total. The zero-order valence-electron chi connectivity index (χ0n) is 25.9. The van der Waals surface area contributed by atoms with E-state index in [4.69, 9.17) is 11.3 Å². The van der Waals surface area contributed by atoms with Crippen molar-refractivity contribution in [3.63, 3.8) is 0 Å². The van der Waals surface area contributed by atoms with Crippen molar-refractivity contribution in [2.24, 2.45) is 46.3 Å². The Hall–Kier alpha value is -0.720. The molecule has 41 heavy (non-hydrogen) atoms. The van der Waals surface area contributed by atoms with Gasteiger partial charge in [0.1, 0.15) is 5.60 Å². The predicted octanol–water partition coefficient (Wildman–Crippen LogP) is 6.08. The van der Waals surface area contributed by atoms with Gasteiger partial charge in [0, 0.05) is 17.8 Å². The van der Waals surface area contributed by atoms with Crippen LogP contribution in [0, 0.1) is 46.3 Å². The Balaban J connectivity index is 1.03. The normalized spacial score (nSPS) is 56.8. The number of aliphatic hydroxyl groups is 4. The molecule has 14 atom stereocenters. The van der Waals surface area contributed by atoms with Crippen molar-refractivity contribution < 1.29 is 25.2 Å². The van der Waals surface area contributed by atoms with Crippen molar-refractivity contribution in [3.8, 4) is 0 Å². The van der Waals surface area contributed by atoms with Gasteiger partial charge in [-0.05, 0) is 139 Å². The molecule has 0 radical (unpaired) electrons. The third-order valence-corrected chi connectivity index (χ3v) is 14.5. The van der Waals surface area contributed by atoms with E-state index in [1.807, 2.05) is 6.08 Å². The number of allylic oxidation sites excluding steroid dienone is 2. The van der Waals surface area contributed by atoms with Crippen LogP contribution < -0.4 is 0 Å². The summed E-state index contributed by atoms with van der Waals surface area (Å²) in [4.78, 5) is 0. The zero-order valence-corrected chi connectivity index (χ0v) is 25.9. The Bertz CT molecular complexity index is 1090. The van der Waals surface area contributed by atoms with E-state index in [0.717, 1.165) is 57.8 Å². The molecule has 0 aromatic rings. The second-order valence-corrected chi connectivity index (χ2v) is 17.0.